The molecule has 0 radical (unpaired) electrons. The molecule has 3 rings (SSSR count). The van der Waals surface area contributed by atoms with Crippen LogP contribution in [0.25, 0.3) is 10.8 Å². The zero-order chi connectivity index (χ0) is 13.3. The summed E-state index contributed by atoms with van der Waals surface area (Å²) >= 11 is 0. The third-order valence-corrected chi connectivity index (χ3v) is 4.78. The van der Waals surface area contributed by atoms with Crippen LogP contribution in [0.4, 0.5) is 0 Å². The lowest BCUT2D eigenvalue weighted by molar-refractivity contribution is 0.301. The van der Waals surface area contributed by atoms with E-state index >= 15 is 0 Å². The lowest BCUT2D eigenvalue weighted by Crippen LogP contribution is -2.37. The summed E-state index contributed by atoms with van der Waals surface area (Å²) in [6.45, 7) is 2.85. The smallest absolute Gasteiger partial charge is 0.0451 e. The number of hydrogen-bond donors (Lipinski definition) is 1. The number of hydrogen-bond acceptors (Lipinski definition) is 2. The molecular formula is C17H22N2. The minimum Gasteiger partial charge on any atom is -0.330 e. The molecule has 1 heterocycles. The van der Waals surface area contributed by atoms with Gasteiger partial charge in [0.1, 0.15) is 0 Å². The molecule has 0 bridgehead atoms. The van der Waals surface area contributed by atoms with Crippen molar-refractivity contribution >= 4 is 10.8 Å². The summed E-state index contributed by atoms with van der Waals surface area (Å²) in [5.41, 5.74) is 8.87. The van der Waals surface area contributed by atoms with Crippen molar-refractivity contribution in [3.05, 3.63) is 41.7 Å². The quantitative estimate of drug-likeness (QED) is 0.887. The van der Waals surface area contributed by atoms with Gasteiger partial charge in [0.2, 0.25) is 0 Å². The highest BCUT2D eigenvalue weighted by Gasteiger charge is 2.32. The summed E-state index contributed by atoms with van der Waals surface area (Å²) in [5, 5.41) is 2.55. The van der Waals surface area contributed by atoms with Gasteiger partial charge in [-0.05, 0) is 42.8 Å². The Bertz CT molecular complexity index is 583. The number of nitrogens with zero attached hydrogens (tertiary/aromatic N) is 1. The number of nitrogens with two attached hydrogens (primary N) is 1. The zero-order valence-corrected chi connectivity index (χ0v) is 11.7. The fraction of sp³-hybridized carbons (Fsp3) is 0.471. The van der Waals surface area contributed by atoms with E-state index < -0.39 is 0 Å². The number of rotatable bonds is 2. The molecule has 1 saturated carbocycles. The summed E-state index contributed by atoms with van der Waals surface area (Å²) in [6.07, 6.45) is 8.32. The van der Waals surface area contributed by atoms with Gasteiger partial charge in [0, 0.05) is 29.2 Å². The van der Waals surface area contributed by atoms with Gasteiger partial charge in [-0.2, -0.15) is 0 Å². The number of pyridine rings is 1. The summed E-state index contributed by atoms with van der Waals surface area (Å²) in [4.78, 5) is 4.41. The molecule has 1 aromatic carbocycles. The Labute approximate surface area is 115 Å². The average molecular weight is 254 g/mol. The van der Waals surface area contributed by atoms with Gasteiger partial charge in [0.15, 0.2) is 0 Å². The van der Waals surface area contributed by atoms with Gasteiger partial charge in [-0.25, -0.2) is 0 Å². The van der Waals surface area contributed by atoms with E-state index in [1.165, 1.54) is 48.4 Å². The maximum Gasteiger partial charge on any atom is 0.0451 e. The molecule has 0 atom stereocenters. The Balaban J connectivity index is 2.11. The van der Waals surface area contributed by atoms with Crippen LogP contribution in [0.15, 0.2) is 30.5 Å². The Hall–Kier alpha value is -1.41. The first kappa shape index (κ1) is 12.6. The molecule has 0 unspecified atom stereocenters. The molecule has 1 fully saturated rings. The van der Waals surface area contributed by atoms with E-state index in [1.54, 1.807) is 0 Å². The van der Waals surface area contributed by atoms with E-state index in [1.807, 2.05) is 6.20 Å². The first-order chi connectivity index (χ1) is 9.25. The van der Waals surface area contributed by atoms with Crippen molar-refractivity contribution in [1.82, 2.24) is 4.98 Å². The third-order valence-electron chi connectivity index (χ3n) is 4.78. The largest absolute Gasteiger partial charge is 0.330 e. The van der Waals surface area contributed by atoms with Gasteiger partial charge in [-0.3, -0.25) is 4.98 Å². The fourth-order valence-electron chi connectivity index (χ4n) is 3.48. The molecule has 2 heteroatoms. The van der Waals surface area contributed by atoms with Crippen molar-refractivity contribution in [3.8, 4) is 0 Å². The van der Waals surface area contributed by atoms with E-state index in [9.17, 15) is 0 Å². The number of aryl methyl sites for hydroxylation is 1. The van der Waals surface area contributed by atoms with Gasteiger partial charge in [0.05, 0.1) is 0 Å². The van der Waals surface area contributed by atoms with Crippen LogP contribution >= 0.6 is 0 Å². The monoisotopic (exact) mass is 254 g/mol. The first-order valence-electron chi connectivity index (χ1n) is 7.31. The molecule has 2 aromatic rings. The molecule has 1 aliphatic rings. The maximum atomic E-state index is 6.14. The van der Waals surface area contributed by atoms with Gasteiger partial charge in [-0.1, -0.05) is 31.4 Å². The normalized spacial score (nSPS) is 18.6. The molecule has 100 valence electrons. The minimum atomic E-state index is 0.203. The maximum absolute atomic E-state index is 6.14. The molecule has 1 aliphatic carbocycles. The van der Waals surface area contributed by atoms with Crippen LogP contribution in [0.1, 0.15) is 43.4 Å². The molecule has 0 aliphatic heterocycles. The number of fused-ring (bicyclic) bond motifs is 1. The van der Waals surface area contributed by atoms with Crippen LogP contribution < -0.4 is 5.73 Å². The summed E-state index contributed by atoms with van der Waals surface area (Å²) in [5.74, 6) is 0. The van der Waals surface area contributed by atoms with Crippen molar-refractivity contribution in [1.29, 1.82) is 0 Å². The summed E-state index contributed by atoms with van der Waals surface area (Å²) in [6, 6.07) is 8.92. The molecule has 0 amide bonds. The Morgan fingerprint density at radius 3 is 2.68 bits per heavy atom. The molecule has 0 spiro atoms. The third kappa shape index (κ3) is 2.14. The second kappa shape index (κ2) is 4.93. The highest BCUT2D eigenvalue weighted by molar-refractivity contribution is 5.85. The van der Waals surface area contributed by atoms with Gasteiger partial charge < -0.3 is 5.73 Å². The van der Waals surface area contributed by atoms with Gasteiger partial charge >= 0.3 is 0 Å². The predicted molar refractivity (Wildman–Crippen MR) is 80.3 cm³/mol. The minimum absolute atomic E-state index is 0.203. The average Bonchev–Trinajstić information content (AvgIpc) is 2.48. The molecular weight excluding hydrogens is 232 g/mol. The van der Waals surface area contributed by atoms with Crippen LogP contribution in [0.2, 0.25) is 0 Å². The molecule has 1 aromatic heterocycles. The van der Waals surface area contributed by atoms with E-state index in [0.717, 1.165) is 12.2 Å². The highest BCUT2D eigenvalue weighted by Crippen LogP contribution is 2.39. The highest BCUT2D eigenvalue weighted by atomic mass is 14.7. The van der Waals surface area contributed by atoms with Crippen LogP contribution in [-0.4, -0.2) is 11.5 Å². The van der Waals surface area contributed by atoms with Crippen LogP contribution in [0.5, 0.6) is 0 Å². The summed E-state index contributed by atoms with van der Waals surface area (Å²) in [7, 11) is 0. The molecule has 2 N–H and O–H groups in total. The van der Waals surface area contributed by atoms with Gasteiger partial charge in [-0.15, -0.1) is 0 Å². The Morgan fingerprint density at radius 2 is 1.95 bits per heavy atom. The standard InChI is InChI=1S/C17H22N2/c1-13-16-11-15(6-5-14(16)7-10-19-13)17(12-18)8-3-2-4-9-17/h5-7,10-11H,2-4,8-9,12,18H2,1H3. The fourth-order valence-corrected chi connectivity index (χ4v) is 3.48. The van der Waals surface area contributed by atoms with Crippen LogP contribution in [0, 0.1) is 6.92 Å². The first-order valence-corrected chi connectivity index (χ1v) is 7.31. The Morgan fingerprint density at radius 1 is 1.16 bits per heavy atom. The van der Waals surface area contributed by atoms with Crippen molar-refractivity contribution in [2.75, 3.05) is 6.54 Å². The lowest BCUT2D eigenvalue weighted by Gasteiger charge is -2.37. The number of benzene rings is 1. The number of aromatic nitrogens is 1. The Kier molecular flexibility index (Phi) is 3.28. The SMILES string of the molecule is Cc1nccc2ccc(C3(CN)CCCCC3)cc12. The van der Waals surface area contributed by atoms with Crippen LogP contribution in [0.3, 0.4) is 0 Å². The van der Waals surface area contributed by atoms with Crippen molar-refractivity contribution in [3.63, 3.8) is 0 Å². The van der Waals surface area contributed by atoms with Crippen LogP contribution in [-0.2, 0) is 5.41 Å². The van der Waals surface area contributed by atoms with E-state index in [2.05, 4.69) is 36.2 Å². The topological polar surface area (TPSA) is 38.9 Å². The van der Waals surface area contributed by atoms with Gasteiger partial charge in [0.25, 0.3) is 0 Å². The predicted octanol–water partition coefficient (Wildman–Crippen LogP) is 3.70. The molecule has 19 heavy (non-hydrogen) atoms. The molecule has 0 saturated heterocycles. The molecule has 2 nitrogen and oxygen atoms in total. The van der Waals surface area contributed by atoms with Crippen molar-refractivity contribution < 1.29 is 0 Å². The van der Waals surface area contributed by atoms with Crippen molar-refractivity contribution in [2.45, 2.75) is 44.4 Å². The van der Waals surface area contributed by atoms with E-state index in [4.69, 9.17) is 5.73 Å². The van der Waals surface area contributed by atoms with E-state index in [-0.39, 0.29) is 5.41 Å². The second-order valence-corrected chi connectivity index (χ2v) is 5.88. The second-order valence-electron chi connectivity index (χ2n) is 5.88. The lowest BCUT2D eigenvalue weighted by atomic mass is 9.69. The zero-order valence-electron chi connectivity index (χ0n) is 11.7. The summed E-state index contributed by atoms with van der Waals surface area (Å²) < 4.78 is 0. The van der Waals surface area contributed by atoms with E-state index in [0.29, 0.717) is 0 Å². The van der Waals surface area contributed by atoms with Crippen molar-refractivity contribution in [2.24, 2.45) is 5.73 Å².